The fourth-order valence-electron chi connectivity index (χ4n) is 0.944. The van der Waals surface area contributed by atoms with Gasteiger partial charge in [0.2, 0.25) is 0 Å². The Balaban J connectivity index is 2.41. The van der Waals surface area contributed by atoms with E-state index in [-0.39, 0.29) is 0 Å². The molecule has 0 N–H and O–H groups in total. The predicted octanol–water partition coefficient (Wildman–Crippen LogP) is 2.57. The van der Waals surface area contributed by atoms with Crippen molar-refractivity contribution in [2.45, 2.75) is 26.7 Å². The molecular formula is C10H15NO. The summed E-state index contributed by atoms with van der Waals surface area (Å²) in [7, 11) is 0. The molecule has 0 amide bonds. The third-order valence-electron chi connectivity index (χ3n) is 1.63. The molecule has 0 saturated carbocycles. The number of rotatable bonds is 4. The van der Waals surface area contributed by atoms with E-state index in [2.05, 4.69) is 11.9 Å². The van der Waals surface area contributed by atoms with Crippen LogP contribution in [0.3, 0.4) is 0 Å². The highest BCUT2D eigenvalue weighted by molar-refractivity contribution is 5.21. The van der Waals surface area contributed by atoms with Crippen LogP contribution in [0.2, 0.25) is 0 Å². The molecule has 2 heteroatoms. The van der Waals surface area contributed by atoms with E-state index >= 15 is 0 Å². The van der Waals surface area contributed by atoms with Gasteiger partial charge in [0.1, 0.15) is 5.75 Å². The Labute approximate surface area is 73.6 Å². The highest BCUT2D eigenvalue weighted by Gasteiger charge is 1.92. The minimum atomic E-state index is 0.806. The summed E-state index contributed by atoms with van der Waals surface area (Å²) in [6.07, 6.45) is 4.06. The first-order valence-electron chi connectivity index (χ1n) is 4.38. The van der Waals surface area contributed by atoms with Crippen molar-refractivity contribution in [1.82, 2.24) is 4.98 Å². The molecule has 1 aromatic rings. The van der Waals surface area contributed by atoms with Gasteiger partial charge in [-0.2, -0.15) is 0 Å². The topological polar surface area (TPSA) is 22.1 Å². The van der Waals surface area contributed by atoms with Crippen LogP contribution in [0.25, 0.3) is 0 Å². The number of hydrogen-bond acceptors (Lipinski definition) is 2. The van der Waals surface area contributed by atoms with Crippen LogP contribution in [-0.2, 0) is 0 Å². The first-order chi connectivity index (χ1) is 5.83. The zero-order valence-corrected chi connectivity index (χ0v) is 7.71. The molecule has 1 aromatic heterocycles. The zero-order valence-electron chi connectivity index (χ0n) is 7.71. The van der Waals surface area contributed by atoms with Crippen LogP contribution >= 0.6 is 0 Å². The maximum atomic E-state index is 5.49. The predicted molar refractivity (Wildman–Crippen MR) is 49.4 cm³/mol. The van der Waals surface area contributed by atoms with Crippen LogP contribution < -0.4 is 4.74 Å². The van der Waals surface area contributed by atoms with Crippen LogP contribution in [-0.4, -0.2) is 11.6 Å². The average Bonchev–Trinajstić information content (AvgIpc) is 2.05. The van der Waals surface area contributed by atoms with Crippen molar-refractivity contribution in [3.63, 3.8) is 0 Å². The van der Waals surface area contributed by atoms with E-state index in [0.717, 1.165) is 24.5 Å². The zero-order chi connectivity index (χ0) is 8.81. The number of unbranched alkanes of at least 4 members (excludes halogenated alkanes) is 1. The maximum Gasteiger partial charge on any atom is 0.122 e. The van der Waals surface area contributed by atoms with E-state index in [1.807, 2.05) is 19.1 Å². The Morgan fingerprint density at radius 2 is 2.33 bits per heavy atom. The molecule has 0 fully saturated rings. The van der Waals surface area contributed by atoms with E-state index in [1.54, 1.807) is 6.20 Å². The molecule has 0 unspecified atom stereocenters. The van der Waals surface area contributed by atoms with Gasteiger partial charge in [-0.05, 0) is 19.4 Å². The van der Waals surface area contributed by atoms with Crippen molar-refractivity contribution in [1.29, 1.82) is 0 Å². The summed E-state index contributed by atoms with van der Waals surface area (Å²) in [5.41, 5.74) is 1.00. The second-order valence-corrected chi connectivity index (χ2v) is 2.83. The van der Waals surface area contributed by atoms with Crippen LogP contribution in [0.5, 0.6) is 5.75 Å². The number of nitrogens with zero attached hydrogens (tertiary/aromatic N) is 1. The van der Waals surface area contributed by atoms with E-state index in [4.69, 9.17) is 4.74 Å². The lowest BCUT2D eigenvalue weighted by Crippen LogP contribution is -1.96. The van der Waals surface area contributed by atoms with Crippen molar-refractivity contribution >= 4 is 0 Å². The van der Waals surface area contributed by atoms with Gasteiger partial charge >= 0.3 is 0 Å². The first kappa shape index (κ1) is 9.04. The molecule has 0 bridgehead atoms. The SMILES string of the molecule is CCCCOc1ccnc(C)c1. The fourth-order valence-corrected chi connectivity index (χ4v) is 0.944. The molecule has 0 saturated heterocycles. The molecule has 0 aromatic carbocycles. The summed E-state index contributed by atoms with van der Waals surface area (Å²) in [6.45, 7) is 4.92. The van der Waals surface area contributed by atoms with Gasteiger partial charge in [0.05, 0.1) is 6.61 Å². The van der Waals surface area contributed by atoms with Crippen LogP contribution in [0.4, 0.5) is 0 Å². The number of hydrogen-bond donors (Lipinski definition) is 0. The summed E-state index contributed by atoms with van der Waals surface area (Å²) in [6, 6.07) is 3.85. The smallest absolute Gasteiger partial charge is 0.122 e. The molecule has 0 aliphatic carbocycles. The number of aromatic nitrogens is 1. The third-order valence-corrected chi connectivity index (χ3v) is 1.63. The van der Waals surface area contributed by atoms with Gasteiger partial charge in [-0.3, -0.25) is 4.98 Å². The lowest BCUT2D eigenvalue weighted by atomic mass is 10.3. The second-order valence-electron chi connectivity index (χ2n) is 2.83. The van der Waals surface area contributed by atoms with Crippen molar-refractivity contribution in [2.75, 3.05) is 6.61 Å². The van der Waals surface area contributed by atoms with E-state index in [1.165, 1.54) is 6.42 Å². The first-order valence-corrected chi connectivity index (χ1v) is 4.38. The quantitative estimate of drug-likeness (QED) is 0.640. The van der Waals surface area contributed by atoms with E-state index in [9.17, 15) is 0 Å². The van der Waals surface area contributed by atoms with Crippen molar-refractivity contribution < 1.29 is 4.74 Å². The van der Waals surface area contributed by atoms with Gasteiger partial charge in [-0.25, -0.2) is 0 Å². The molecule has 1 rings (SSSR count). The van der Waals surface area contributed by atoms with Crippen LogP contribution in [0.15, 0.2) is 18.3 Å². The largest absolute Gasteiger partial charge is 0.493 e. The second kappa shape index (κ2) is 4.75. The summed E-state index contributed by atoms with van der Waals surface area (Å²) in [4.78, 5) is 4.09. The van der Waals surface area contributed by atoms with Crippen molar-refractivity contribution in [2.24, 2.45) is 0 Å². The lowest BCUT2D eigenvalue weighted by Gasteiger charge is -2.04. The van der Waals surface area contributed by atoms with Gasteiger partial charge in [-0.1, -0.05) is 13.3 Å². The van der Waals surface area contributed by atoms with E-state index in [0.29, 0.717) is 0 Å². The standard InChI is InChI=1S/C10H15NO/c1-3-4-7-12-10-5-6-11-9(2)8-10/h5-6,8H,3-4,7H2,1-2H3. The Morgan fingerprint density at radius 3 is 3.00 bits per heavy atom. The highest BCUT2D eigenvalue weighted by atomic mass is 16.5. The Hall–Kier alpha value is -1.05. The molecule has 1 heterocycles. The van der Waals surface area contributed by atoms with Crippen molar-refractivity contribution in [3.05, 3.63) is 24.0 Å². The molecule has 0 atom stereocenters. The third kappa shape index (κ3) is 2.91. The molecule has 66 valence electrons. The summed E-state index contributed by atoms with van der Waals surface area (Å²) >= 11 is 0. The molecular weight excluding hydrogens is 150 g/mol. The Morgan fingerprint density at radius 1 is 1.50 bits per heavy atom. The minimum absolute atomic E-state index is 0.806. The van der Waals surface area contributed by atoms with Gasteiger partial charge in [0.25, 0.3) is 0 Å². The average molecular weight is 165 g/mol. The number of pyridine rings is 1. The normalized spacial score (nSPS) is 9.83. The molecule has 2 nitrogen and oxygen atoms in total. The Kier molecular flexibility index (Phi) is 3.58. The molecule has 0 spiro atoms. The van der Waals surface area contributed by atoms with E-state index < -0.39 is 0 Å². The maximum absolute atomic E-state index is 5.49. The minimum Gasteiger partial charge on any atom is -0.493 e. The Bertz CT molecular complexity index is 235. The fraction of sp³-hybridized carbons (Fsp3) is 0.500. The van der Waals surface area contributed by atoms with Gasteiger partial charge in [0.15, 0.2) is 0 Å². The van der Waals surface area contributed by atoms with Crippen molar-refractivity contribution in [3.8, 4) is 5.75 Å². The molecule has 12 heavy (non-hydrogen) atoms. The molecule has 0 aliphatic rings. The number of ether oxygens (including phenoxy) is 1. The molecule has 0 radical (unpaired) electrons. The molecule has 0 aliphatic heterocycles. The highest BCUT2D eigenvalue weighted by Crippen LogP contribution is 2.10. The van der Waals surface area contributed by atoms with Gasteiger partial charge in [0, 0.05) is 18.0 Å². The summed E-state index contributed by atoms with van der Waals surface area (Å²) in [5, 5.41) is 0. The summed E-state index contributed by atoms with van der Waals surface area (Å²) in [5.74, 6) is 0.927. The number of aryl methyl sites for hydroxylation is 1. The van der Waals surface area contributed by atoms with Crippen LogP contribution in [0.1, 0.15) is 25.5 Å². The van der Waals surface area contributed by atoms with Crippen LogP contribution in [0, 0.1) is 6.92 Å². The monoisotopic (exact) mass is 165 g/mol. The van der Waals surface area contributed by atoms with Gasteiger partial charge < -0.3 is 4.74 Å². The summed E-state index contributed by atoms with van der Waals surface area (Å²) < 4.78 is 5.49. The van der Waals surface area contributed by atoms with Gasteiger partial charge in [-0.15, -0.1) is 0 Å². The lowest BCUT2D eigenvalue weighted by molar-refractivity contribution is 0.309.